The maximum atomic E-state index is 13.0. The van der Waals surface area contributed by atoms with E-state index in [2.05, 4.69) is 19.6 Å². The second-order valence-electron chi connectivity index (χ2n) is 7.18. The number of aromatic nitrogens is 2. The van der Waals surface area contributed by atoms with E-state index in [0.29, 0.717) is 11.3 Å². The molecule has 186 valence electrons. The third-order valence-electron chi connectivity index (χ3n) is 4.86. The molecule has 1 heterocycles. The van der Waals surface area contributed by atoms with Crippen LogP contribution in [-0.2, 0) is 10.1 Å². The van der Waals surface area contributed by atoms with E-state index < -0.39 is 27.3 Å². The van der Waals surface area contributed by atoms with Crippen LogP contribution in [0.2, 0.25) is 0 Å². The molecule has 0 atom stereocenters. The molecule has 0 saturated heterocycles. The van der Waals surface area contributed by atoms with E-state index in [1.807, 2.05) is 0 Å². The smallest absolute Gasteiger partial charge is 0.493 e. The number of benzene rings is 3. The van der Waals surface area contributed by atoms with Crippen molar-refractivity contribution in [3.63, 3.8) is 0 Å². The second-order valence-corrected chi connectivity index (χ2v) is 8.72. The molecule has 9 nitrogen and oxygen atoms in total. The van der Waals surface area contributed by atoms with Crippen LogP contribution in [0.3, 0.4) is 0 Å². The van der Waals surface area contributed by atoms with Crippen molar-refractivity contribution in [3.8, 4) is 11.5 Å². The summed E-state index contributed by atoms with van der Waals surface area (Å²) in [4.78, 5) is 21.2. The van der Waals surface area contributed by atoms with Gasteiger partial charge in [-0.25, -0.2) is 15.0 Å². The molecule has 3 aromatic carbocycles. The van der Waals surface area contributed by atoms with Crippen molar-refractivity contribution in [2.75, 3.05) is 12.1 Å². The van der Waals surface area contributed by atoms with Crippen molar-refractivity contribution in [2.45, 2.75) is 5.51 Å². The van der Waals surface area contributed by atoms with Crippen LogP contribution in [0.25, 0.3) is 10.9 Å². The Bertz CT molecular complexity index is 1500. The van der Waals surface area contributed by atoms with Crippen LogP contribution in [-0.4, -0.2) is 36.9 Å². The highest BCUT2D eigenvalue weighted by atomic mass is 32.2. The van der Waals surface area contributed by atoms with Crippen molar-refractivity contribution in [1.29, 1.82) is 0 Å². The van der Waals surface area contributed by atoms with Gasteiger partial charge in [-0.15, -0.1) is 0 Å². The number of carbonyl (C=O) groups is 1. The summed E-state index contributed by atoms with van der Waals surface area (Å²) in [6.45, 7) is 0. The number of carbonyl (C=O) groups excluding carboxylic acids is 1. The number of methoxy groups -OCH3 is 1. The largest absolute Gasteiger partial charge is 0.534 e. The summed E-state index contributed by atoms with van der Waals surface area (Å²) >= 11 is 0. The highest BCUT2D eigenvalue weighted by molar-refractivity contribution is 7.88. The molecule has 13 heteroatoms. The van der Waals surface area contributed by atoms with Crippen LogP contribution in [0.4, 0.5) is 24.7 Å². The number of anilines is 2. The second kappa shape index (κ2) is 9.70. The van der Waals surface area contributed by atoms with Crippen LogP contribution < -0.4 is 19.4 Å². The monoisotopic (exact) mass is 518 g/mol. The van der Waals surface area contributed by atoms with E-state index in [4.69, 9.17) is 4.74 Å². The lowest BCUT2D eigenvalue weighted by Crippen LogP contribution is -2.39. The van der Waals surface area contributed by atoms with Crippen molar-refractivity contribution in [3.05, 3.63) is 84.7 Å². The normalized spacial score (nSPS) is 11.7. The van der Waals surface area contributed by atoms with Crippen LogP contribution in [0.5, 0.6) is 11.5 Å². The van der Waals surface area contributed by atoms with E-state index in [1.165, 1.54) is 11.1 Å². The Labute approximate surface area is 203 Å². The molecule has 0 radical (unpaired) electrons. The third kappa shape index (κ3) is 5.00. The molecule has 0 bridgehead atoms. The predicted molar refractivity (Wildman–Crippen MR) is 124 cm³/mol. The fourth-order valence-electron chi connectivity index (χ4n) is 3.19. The molecular formula is C23H17F3N4O5S. The maximum absolute atomic E-state index is 13.0. The third-order valence-corrected chi connectivity index (χ3v) is 5.82. The van der Waals surface area contributed by atoms with Gasteiger partial charge in [0.1, 0.15) is 6.33 Å². The van der Waals surface area contributed by atoms with Crippen molar-refractivity contribution in [2.24, 2.45) is 0 Å². The molecule has 4 rings (SSSR count). The minimum absolute atomic E-state index is 0.0306. The molecule has 4 aromatic rings. The Morgan fingerprint density at radius 2 is 1.58 bits per heavy atom. The fourth-order valence-corrected chi connectivity index (χ4v) is 3.65. The summed E-state index contributed by atoms with van der Waals surface area (Å²) in [7, 11) is -4.83. The summed E-state index contributed by atoms with van der Waals surface area (Å²) in [5, 5.41) is 1.59. The fraction of sp³-hybridized carbons (Fsp3) is 0.0870. The van der Waals surface area contributed by atoms with Crippen LogP contribution in [0.15, 0.2) is 79.1 Å². The molecule has 0 spiro atoms. The van der Waals surface area contributed by atoms with E-state index in [1.54, 1.807) is 60.7 Å². The van der Waals surface area contributed by atoms with Crippen LogP contribution in [0, 0.1) is 0 Å². The summed E-state index contributed by atoms with van der Waals surface area (Å²) < 4.78 is 71.1. The Balaban J connectivity index is 1.83. The lowest BCUT2D eigenvalue weighted by molar-refractivity contribution is -0.0500. The van der Waals surface area contributed by atoms with Gasteiger partial charge in [0.15, 0.2) is 17.3 Å². The molecule has 0 aliphatic carbocycles. The number of fused-ring (bicyclic) bond motifs is 1. The molecule has 0 aliphatic heterocycles. The Kier molecular flexibility index (Phi) is 6.66. The standard InChI is InChI=1S/C23H17F3N4O5S/c1-34-19-12-17-18(13-20(19)35-36(32,33)23(24,25)26)27-14-28-21(17)30(16-10-6-3-7-11-16)29-22(31)15-8-4-2-5-9-15/h2-14H,1H3,(H,29,31). The molecule has 0 aliphatic rings. The van der Waals surface area contributed by atoms with Crippen molar-refractivity contribution in [1.82, 2.24) is 15.4 Å². The number of amides is 1. The summed E-state index contributed by atoms with van der Waals surface area (Å²) in [6.07, 6.45) is 1.11. The zero-order chi connectivity index (χ0) is 25.9. The number of rotatable bonds is 7. The molecule has 1 N–H and O–H groups in total. The predicted octanol–water partition coefficient (Wildman–Crippen LogP) is 4.35. The van der Waals surface area contributed by atoms with Gasteiger partial charge in [0.25, 0.3) is 5.91 Å². The zero-order valence-corrected chi connectivity index (χ0v) is 19.2. The van der Waals surface area contributed by atoms with E-state index >= 15 is 0 Å². The Morgan fingerprint density at radius 1 is 0.944 bits per heavy atom. The average molecular weight is 518 g/mol. The van der Waals surface area contributed by atoms with Gasteiger partial charge < -0.3 is 8.92 Å². The van der Waals surface area contributed by atoms with Gasteiger partial charge in [-0.05, 0) is 30.3 Å². The molecule has 0 unspecified atom stereocenters. The number of hydrogen-bond donors (Lipinski definition) is 1. The van der Waals surface area contributed by atoms with Gasteiger partial charge in [0.2, 0.25) is 0 Å². The number of alkyl halides is 3. The minimum Gasteiger partial charge on any atom is -0.493 e. The minimum atomic E-state index is -5.96. The molecule has 0 saturated carbocycles. The number of ether oxygens (including phenoxy) is 1. The summed E-state index contributed by atoms with van der Waals surface area (Å²) in [6, 6.07) is 19.2. The first kappa shape index (κ1) is 24.7. The van der Waals surface area contributed by atoms with Gasteiger partial charge in [-0.2, -0.15) is 21.6 Å². The van der Waals surface area contributed by atoms with Crippen LogP contribution in [0.1, 0.15) is 10.4 Å². The van der Waals surface area contributed by atoms with Crippen LogP contribution >= 0.6 is 0 Å². The first-order valence-electron chi connectivity index (χ1n) is 10.2. The first-order valence-corrected chi connectivity index (χ1v) is 11.6. The topological polar surface area (TPSA) is 111 Å². The SMILES string of the molecule is COc1cc2c(N(NC(=O)c3ccccc3)c3ccccc3)ncnc2cc1OS(=O)(=O)C(F)(F)F. The van der Waals surface area contributed by atoms with Gasteiger partial charge in [0, 0.05) is 17.0 Å². The molecule has 0 fully saturated rings. The van der Waals surface area contributed by atoms with E-state index in [-0.39, 0.29) is 22.5 Å². The average Bonchev–Trinajstić information content (AvgIpc) is 2.86. The lowest BCUT2D eigenvalue weighted by Gasteiger charge is -2.25. The van der Waals surface area contributed by atoms with Crippen molar-refractivity contribution >= 4 is 38.4 Å². The highest BCUT2D eigenvalue weighted by Crippen LogP contribution is 2.38. The number of halogens is 3. The number of nitrogens with one attached hydrogen (secondary N) is 1. The van der Waals surface area contributed by atoms with E-state index in [0.717, 1.165) is 19.5 Å². The summed E-state index contributed by atoms with van der Waals surface area (Å²) in [5.41, 5.74) is -1.99. The number of hydrazine groups is 1. The van der Waals surface area contributed by atoms with Gasteiger partial charge in [-0.3, -0.25) is 10.2 Å². The van der Waals surface area contributed by atoms with Crippen molar-refractivity contribution < 1.29 is 35.3 Å². The van der Waals surface area contributed by atoms with E-state index in [9.17, 15) is 26.4 Å². The number of para-hydroxylation sites is 1. The van der Waals surface area contributed by atoms with Gasteiger partial charge >= 0.3 is 15.6 Å². The number of nitrogens with zero attached hydrogens (tertiary/aromatic N) is 3. The quantitative estimate of drug-likeness (QED) is 0.218. The van der Waals surface area contributed by atoms with Gasteiger partial charge in [0.05, 0.1) is 18.3 Å². The number of hydrogen-bond acceptors (Lipinski definition) is 8. The molecule has 1 aromatic heterocycles. The maximum Gasteiger partial charge on any atom is 0.534 e. The lowest BCUT2D eigenvalue weighted by atomic mass is 10.2. The zero-order valence-electron chi connectivity index (χ0n) is 18.4. The summed E-state index contributed by atoms with van der Waals surface area (Å²) in [5.74, 6) is -1.37. The molecule has 36 heavy (non-hydrogen) atoms. The first-order chi connectivity index (χ1) is 17.1. The Hall–Kier alpha value is -4.39. The molecule has 1 amide bonds. The van der Waals surface area contributed by atoms with Gasteiger partial charge in [-0.1, -0.05) is 36.4 Å². The highest BCUT2D eigenvalue weighted by Gasteiger charge is 2.49. The Morgan fingerprint density at radius 3 is 2.19 bits per heavy atom. The molecular weight excluding hydrogens is 501 g/mol.